The molecule has 1 aliphatic heterocycles. The van der Waals surface area contributed by atoms with Gasteiger partial charge in [0.05, 0.1) is 6.61 Å². The number of rotatable bonds is 1. The van der Waals surface area contributed by atoms with Crippen LogP contribution in [-0.4, -0.2) is 6.61 Å². The summed E-state index contributed by atoms with van der Waals surface area (Å²) in [5.41, 5.74) is 2.76. The minimum Gasteiger partial charge on any atom is -0.493 e. The number of fused-ring (bicyclic) bond motifs is 1. The van der Waals surface area contributed by atoms with E-state index in [0.29, 0.717) is 5.92 Å². The zero-order chi connectivity index (χ0) is 11.5. The first-order valence-electron chi connectivity index (χ1n) is 6.19. The van der Waals surface area contributed by atoms with Gasteiger partial charge in [-0.15, -0.1) is 0 Å². The summed E-state index contributed by atoms with van der Waals surface area (Å²) in [6.45, 7) is 0.816. The third-order valence-corrected chi connectivity index (χ3v) is 3.43. The summed E-state index contributed by atoms with van der Waals surface area (Å²) in [4.78, 5) is 0. The van der Waals surface area contributed by atoms with Crippen LogP contribution in [0.4, 0.5) is 0 Å². The Balaban J connectivity index is 1.91. The van der Waals surface area contributed by atoms with Gasteiger partial charge in [-0.1, -0.05) is 48.5 Å². The molecule has 3 rings (SSSR count). The van der Waals surface area contributed by atoms with Crippen LogP contribution in [0.15, 0.2) is 54.6 Å². The molecule has 86 valence electrons. The summed E-state index contributed by atoms with van der Waals surface area (Å²) in [6.07, 6.45) is 2.18. The average Bonchev–Trinajstić information content (AvgIpc) is 2.62. The Hall–Kier alpha value is -1.76. The van der Waals surface area contributed by atoms with Crippen LogP contribution in [0.2, 0.25) is 0 Å². The van der Waals surface area contributed by atoms with Crippen molar-refractivity contribution in [2.75, 3.05) is 6.61 Å². The Morgan fingerprint density at radius 2 is 1.65 bits per heavy atom. The van der Waals surface area contributed by atoms with Gasteiger partial charge in [0.1, 0.15) is 5.75 Å². The maximum atomic E-state index is 5.80. The molecule has 2 aromatic rings. The van der Waals surface area contributed by atoms with Crippen LogP contribution in [0.1, 0.15) is 23.5 Å². The molecule has 0 saturated heterocycles. The van der Waals surface area contributed by atoms with Crippen LogP contribution in [0.5, 0.6) is 5.75 Å². The van der Waals surface area contributed by atoms with Gasteiger partial charge >= 0.3 is 0 Å². The molecular formula is C16H16O. The summed E-state index contributed by atoms with van der Waals surface area (Å²) in [5, 5.41) is 0. The molecule has 0 aromatic heterocycles. The third-order valence-electron chi connectivity index (χ3n) is 3.43. The lowest BCUT2D eigenvalue weighted by atomic mass is 9.90. The van der Waals surface area contributed by atoms with E-state index in [1.54, 1.807) is 0 Å². The van der Waals surface area contributed by atoms with E-state index in [1.807, 2.05) is 6.07 Å². The third kappa shape index (κ3) is 2.19. The van der Waals surface area contributed by atoms with E-state index in [4.69, 9.17) is 4.74 Å². The molecule has 0 amide bonds. The van der Waals surface area contributed by atoms with Gasteiger partial charge in [0.15, 0.2) is 0 Å². The molecule has 1 unspecified atom stereocenters. The molecule has 1 heteroatoms. The highest BCUT2D eigenvalue weighted by molar-refractivity contribution is 5.36. The maximum Gasteiger partial charge on any atom is 0.122 e. The standard InChI is InChI=1S/C16H16O/c1-2-6-13(7-3-1)14-10-11-17-16-9-5-4-8-15(16)12-14/h1-9,14H,10-12H2. The van der Waals surface area contributed by atoms with Crippen LogP contribution in [-0.2, 0) is 6.42 Å². The van der Waals surface area contributed by atoms with Gasteiger partial charge in [0.2, 0.25) is 0 Å². The van der Waals surface area contributed by atoms with Crippen LogP contribution >= 0.6 is 0 Å². The molecule has 0 spiro atoms. The molecule has 0 radical (unpaired) electrons. The van der Waals surface area contributed by atoms with Crippen molar-refractivity contribution in [2.24, 2.45) is 0 Å². The van der Waals surface area contributed by atoms with E-state index in [1.165, 1.54) is 11.1 Å². The lowest BCUT2D eigenvalue weighted by Crippen LogP contribution is -2.03. The van der Waals surface area contributed by atoms with Crippen molar-refractivity contribution >= 4 is 0 Å². The Kier molecular flexibility index (Phi) is 2.83. The van der Waals surface area contributed by atoms with Crippen molar-refractivity contribution in [3.8, 4) is 5.75 Å². The van der Waals surface area contributed by atoms with E-state index < -0.39 is 0 Å². The molecule has 0 fully saturated rings. The zero-order valence-corrected chi connectivity index (χ0v) is 9.80. The van der Waals surface area contributed by atoms with Crippen molar-refractivity contribution < 1.29 is 4.74 Å². The van der Waals surface area contributed by atoms with Crippen molar-refractivity contribution in [1.82, 2.24) is 0 Å². The second-order valence-electron chi connectivity index (χ2n) is 4.56. The molecule has 1 atom stereocenters. The Morgan fingerprint density at radius 1 is 0.882 bits per heavy atom. The van der Waals surface area contributed by atoms with E-state index in [0.717, 1.165) is 25.2 Å². The number of ether oxygens (including phenoxy) is 1. The first-order valence-corrected chi connectivity index (χ1v) is 6.19. The summed E-state index contributed by atoms with van der Waals surface area (Å²) in [7, 11) is 0. The van der Waals surface area contributed by atoms with E-state index >= 15 is 0 Å². The van der Waals surface area contributed by atoms with Gasteiger partial charge in [0, 0.05) is 0 Å². The minimum absolute atomic E-state index is 0.583. The quantitative estimate of drug-likeness (QED) is 0.716. The molecular weight excluding hydrogens is 208 g/mol. The second kappa shape index (κ2) is 4.62. The normalized spacial score (nSPS) is 18.9. The van der Waals surface area contributed by atoms with Gasteiger partial charge < -0.3 is 4.74 Å². The Morgan fingerprint density at radius 3 is 2.53 bits per heavy atom. The molecule has 17 heavy (non-hydrogen) atoms. The molecule has 0 aliphatic carbocycles. The Bertz CT molecular complexity index is 490. The largest absolute Gasteiger partial charge is 0.493 e. The van der Waals surface area contributed by atoms with Gasteiger partial charge in [-0.05, 0) is 36.0 Å². The van der Waals surface area contributed by atoms with Crippen molar-refractivity contribution in [3.63, 3.8) is 0 Å². The molecule has 0 N–H and O–H groups in total. The molecule has 0 saturated carbocycles. The summed E-state index contributed by atoms with van der Waals surface area (Å²) in [6, 6.07) is 19.1. The van der Waals surface area contributed by atoms with Crippen LogP contribution in [0.25, 0.3) is 0 Å². The van der Waals surface area contributed by atoms with E-state index in [2.05, 4.69) is 48.5 Å². The average molecular weight is 224 g/mol. The fourth-order valence-corrected chi connectivity index (χ4v) is 2.50. The molecule has 1 heterocycles. The second-order valence-corrected chi connectivity index (χ2v) is 4.56. The monoisotopic (exact) mass is 224 g/mol. The van der Waals surface area contributed by atoms with Crippen LogP contribution in [0, 0.1) is 0 Å². The van der Waals surface area contributed by atoms with Crippen molar-refractivity contribution in [1.29, 1.82) is 0 Å². The van der Waals surface area contributed by atoms with Gasteiger partial charge in [-0.2, -0.15) is 0 Å². The van der Waals surface area contributed by atoms with Crippen molar-refractivity contribution in [2.45, 2.75) is 18.8 Å². The van der Waals surface area contributed by atoms with Crippen molar-refractivity contribution in [3.05, 3.63) is 65.7 Å². The van der Waals surface area contributed by atoms with E-state index in [-0.39, 0.29) is 0 Å². The fourth-order valence-electron chi connectivity index (χ4n) is 2.50. The SMILES string of the molecule is c1ccc(C2CCOc3ccccc3C2)cc1. The molecule has 1 aliphatic rings. The highest BCUT2D eigenvalue weighted by Crippen LogP contribution is 2.31. The molecule has 0 bridgehead atoms. The topological polar surface area (TPSA) is 9.23 Å². The lowest BCUT2D eigenvalue weighted by Gasteiger charge is -2.13. The minimum atomic E-state index is 0.583. The smallest absolute Gasteiger partial charge is 0.122 e. The van der Waals surface area contributed by atoms with Gasteiger partial charge in [-0.3, -0.25) is 0 Å². The first-order chi connectivity index (χ1) is 8.43. The number of para-hydroxylation sites is 1. The van der Waals surface area contributed by atoms with E-state index in [9.17, 15) is 0 Å². The number of hydrogen-bond donors (Lipinski definition) is 0. The summed E-state index contributed by atoms with van der Waals surface area (Å²) in [5.74, 6) is 1.64. The van der Waals surface area contributed by atoms with Gasteiger partial charge in [0.25, 0.3) is 0 Å². The maximum absolute atomic E-state index is 5.80. The van der Waals surface area contributed by atoms with Gasteiger partial charge in [-0.25, -0.2) is 0 Å². The van der Waals surface area contributed by atoms with Crippen LogP contribution < -0.4 is 4.74 Å². The number of benzene rings is 2. The first kappa shape index (κ1) is 10.4. The summed E-state index contributed by atoms with van der Waals surface area (Å²) >= 11 is 0. The summed E-state index contributed by atoms with van der Waals surface area (Å²) < 4.78 is 5.80. The number of hydrogen-bond acceptors (Lipinski definition) is 1. The zero-order valence-electron chi connectivity index (χ0n) is 9.80. The molecule has 2 aromatic carbocycles. The fraction of sp³-hybridized carbons (Fsp3) is 0.250. The predicted octanol–water partition coefficient (Wildman–Crippen LogP) is 3.80. The predicted molar refractivity (Wildman–Crippen MR) is 69.4 cm³/mol. The van der Waals surface area contributed by atoms with Crippen LogP contribution in [0.3, 0.4) is 0 Å². The highest BCUT2D eigenvalue weighted by atomic mass is 16.5. The lowest BCUT2D eigenvalue weighted by molar-refractivity contribution is 0.310. The Labute approximate surface area is 102 Å². The highest BCUT2D eigenvalue weighted by Gasteiger charge is 2.18. The molecule has 1 nitrogen and oxygen atoms in total.